The topological polar surface area (TPSA) is 98.5 Å². The minimum Gasteiger partial charge on any atom is -0.455 e. The lowest BCUT2D eigenvalue weighted by molar-refractivity contribution is -0.153. The molecular formula is C21H21FN2O4. The maximum absolute atomic E-state index is 13.2. The molecule has 6 nitrogen and oxygen atoms in total. The summed E-state index contributed by atoms with van der Waals surface area (Å²) in [5.74, 6) is -1.90. The molecule has 1 fully saturated rings. The van der Waals surface area contributed by atoms with Crippen LogP contribution in [0, 0.1) is 5.82 Å². The molecule has 7 heteroatoms. The third-order valence-corrected chi connectivity index (χ3v) is 5.03. The highest BCUT2D eigenvalue weighted by molar-refractivity contribution is 5.96. The van der Waals surface area contributed by atoms with E-state index >= 15 is 0 Å². The van der Waals surface area contributed by atoms with Gasteiger partial charge in [-0.25, -0.2) is 4.39 Å². The quantitative estimate of drug-likeness (QED) is 0.748. The lowest BCUT2D eigenvalue weighted by Gasteiger charge is -2.27. The number of ether oxygens (including phenoxy) is 1. The molecule has 0 heterocycles. The lowest BCUT2D eigenvalue weighted by atomic mass is 9.79. The molecule has 3 N–H and O–H groups in total. The number of nitrogens with two attached hydrogens (primary N) is 1. The van der Waals surface area contributed by atoms with Crippen molar-refractivity contribution >= 4 is 23.5 Å². The van der Waals surface area contributed by atoms with Gasteiger partial charge in [0.1, 0.15) is 5.82 Å². The molecule has 146 valence electrons. The normalized spacial score (nSPS) is 15.0. The van der Waals surface area contributed by atoms with Gasteiger partial charge in [-0.05, 0) is 54.8 Å². The molecule has 28 heavy (non-hydrogen) atoms. The monoisotopic (exact) mass is 384 g/mol. The first kappa shape index (κ1) is 19.5. The van der Waals surface area contributed by atoms with Crippen molar-refractivity contribution in [2.45, 2.75) is 31.1 Å². The zero-order valence-electron chi connectivity index (χ0n) is 15.2. The number of anilines is 1. The van der Waals surface area contributed by atoms with E-state index in [0.717, 1.165) is 12.8 Å². The molecule has 2 amide bonds. The van der Waals surface area contributed by atoms with Gasteiger partial charge in [0, 0.05) is 11.3 Å². The van der Waals surface area contributed by atoms with Crippen molar-refractivity contribution in [3.05, 3.63) is 65.5 Å². The summed E-state index contributed by atoms with van der Waals surface area (Å²) in [5, 5.41) is 2.60. The van der Waals surface area contributed by atoms with Crippen LogP contribution in [0.15, 0.2) is 48.5 Å². The van der Waals surface area contributed by atoms with E-state index in [4.69, 9.17) is 10.5 Å². The van der Waals surface area contributed by atoms with Crippen molar-refractivity contribution in [1.82, 2.24) is 0 Å². The Kier molecular flexibility index (Phi) is 5.73. The standard InChI is InChI=1S/C21H21FN2O4/c22-16-7-5-15(6-8-16)21(11-1-2-12-21)20(27)28-13-18(25)24-17-9-3-14(4-10-17)19(23)26/h3-10H,1-2,11-13H2,(H2,23,26)(H,24,25). The Balaban J connectivity index is 1.62. The first-order valence-electron chi connectivity index (χ1n) is 9.04. The number of esters is 1. The number of hydrogen-bond donors (Lipinski definition) is 2. The average molecular weight is 384 g/mol. The van der Waals surface area contributed by atoms with Crippen molar-refractivity contribution < 1.29 is 23.5 Å². The fourth-order valence-corrected chi connectivity index (χ4v) is 3.54. The summed E-state index contributed by atoms with van der Waals surface area (Å²) in [6.45, 7) is -0.431. The fourth-order valence-electron chi connectivity index (χ4n) is 3.54. The average Bonchev–Trinajstić information content (AvgIpc) is 3.18. The molecule has 0 saturated heterocycles. The van der Waals surface area contributed by atoms with Crippen molar-refractivity contribution in [2.24, 2.45) is 5.73 Å². The lowest BCUT2D eigenvalue weighted by Crippen LogP contribution is -2.36. The molecule has 0 bridgehead atoms. The molecule has 2 aromatic carbocycles. The first-order valence-corrected chi connectivity index (χ1v) is 9.04. The largest absolute Gasteiger partial charge is 0.455 e. The van der Waals surface area contributed by atoms with E-state index in [1.807, 2.05) is 0 Å². The zero-order valence-corrected chi connectivity index (χ0v) is 15.2. The summed E-state index contributed by atoms with van der Waals surface area (Å²) in [5.41, 5.74) is 5.83. The van der Waals surface area contributed by atoms with Gasteiger partial charge in [-0.2, -0.15) is 0 Å². The summed E-state index contributed by atoms with van der Waals surface area (Å²) >= 11 is 0. The van der Waals surface area contributed by atoms with Gasteiger partial charge in [0.15, 0.2) is 6.61 Å². The van der Waals surface area contributed by atoms with E-state index < -0.39 is 29.8 Å². The van der Waals surface area contributed by atoms with Crippen molar-refractivity contribution in [1.29, 1.82) is 0 Å². The smallest absolute Gasteiger partial charge is 0.317 e. The van der Waals surface area contributed by atoms with Crippen LogP contribution in [0.5, 0.6) is 0 Å². The second-order valence-corrected chi connectivity index (χ2v) is 6.86. The number of halogens is 1. The Hall–Kier alpha value is -3.22. The predicted octanol–water partition coefficient (Wildman–Crippen LogP) is 2.92. The molecule has 1 aliphatic rings. The van der Waals surface area contributed by atoms with Crippen LogP contribution >= 0.6 is 0 Å². The second-order valence-electron chi connectivity index (χ2n) is 6.86. The molecule has 2 aromatic rings. The van der Waals surface area contributed by atoms with Crippen LogP contribution < -0.4 is 11.1 Å². The molecule has 0 aromatic heterocycles. The summed E-state index contributed by atoms with van der Waals surface area (Å²) in [4.78, 5) is 35.9. The number of rotatable bonds is 6. The van der Waals surface area contributed by atoms with Gasteiger partial charge < -0.3 is 15.8 Å². The van der Waals surface area contributed by atoms with E-state index in [9.17, 15) is 18.8 Å². The molecule has 1 aliphatic carbocycles. The van der Waals surface area contributed by atoms with Gasteiger partial charge in [-0.15, -0.1) is 0 Å². The molecule has 0 aliphatic heterocycles. The maximum atomic E-state index is 13.2. The summed E-state index contributed by atoms with van der Waals surface area (Å²) in [6, 6.07) is 11.9. The maximum Gasteiger partial charge on any atom is 0.317 e. The zero-order chi connectivity index (χ0) is 20.1. The van der Waals surface area contributed by atoms with Crippen molar-refractivity contribution in [3.8, 4) is 0 Å². The van der Waals surface area contributed by atoms with Gasteiger partial charge in [-0.1, -0.05) is 25.0 Å². The van der Waals surface area contributed by atoms with Crippen LogP contribution in [0.2, 0.25) is 0 Å². The van der Waals surface area contributed by atoms with Crippen molar-refractivity contribution in [3.63, 3.8) is 0 Å². The number of carbonyl (C=O) groups is 3. The molecule has 0 unspecified atom stereocenters. The van der Waals surface area contributed by atoms with Gasteiger partial charge in [0.05, 0.1) is 5.41 Å². The number of primary amides is 1. The predicted molar refractivity (Wildman–Crippen MR) is 101 cm³/mol. The van der Waals surface area contributed by atoms with E-state index in [2.05, 4.69) is 5.32 Å². The summed E-state index contributed by atoms with van der Waals surface area (Å²) < 4.78 is 18.5. The van der Waals surface area contributed by atoms with Gasteiger partial charge in [-0.3, -0.25) is 14.4 Å². The van der Waals surface area contributed by atoms with Gasteiger partial charge in [0.2, 0.25) is 5.91 Å². The third-order valence-electron chi connectivity index (χ3n) is 5.03. The Labute approximate surface area is 161 Å². The van der Waals surface area contributed by atoms with E-state index in [-0.39, 0.29) is 5.82 Å². The van der Waals surface area contributed by atoms with Crippen LogP contribution in [0.1, 0.15) is 41.6 Å². The number of benzene rings is 2. The highest BCUT2D eigenvalue weighted by Gasteiger charge is 2.44. The van der Waals surface area contributed by atoms with Crippen LogP contribution in [-0.4, -0.2) is 24.4 Å². The highest BCUT2D eigenvalue weighted by atomic mass is 19.1. The van der Waals surface area contributed by atoms with E-state index in [1.54, 1.807) is 12.1 Å². The van der Waals surface area contributed by atoms with Crippen molar-refractivity contribution in [2.75, 3.05) is 11.9 Å². The van der Waals surface area contributed by atoms with E-state index in [1.165, 1.54) is 36.4 Å². The van der Waals surface area contributed by atoms with Gasteiger partial charge >= 0.3 is 5.97 Å². The fraction of sp³-hybridized carbons (Fsp3) is 0.286. The minimum absolute atomic E-state index is 0.326. The summed E-state index contributed by atoms with van der Waals surface area (Å²) in [7, 11) is 0. The summed E-state index contributed by atoms with van der Waals surface area (Å²) in [6.07, 6.45) is 2.94. The van der Waals surface area contributed by atoms with Crippen LogP contribution in [0.4, 0.5) is 10.1 Å². The number of amides is 2. The minimum atomic E-state index is -0.836. The third kappa shape index (κ3) is 4.19. The Morgan fingerprint density at radius 2 is 1.61 bits per heavy atom. The van der Waals surface area contributed by atoms with E-state index in [0.29, 0.717) is 29.7 Å². The Morgan fingerprint density at radius 1 is 1.00 bits per heavy atom. The number of nitrogens with one attached hydrogen (secondary N) is 1. The molecule has 0 radical (unpaired) electrons. The molecule has 0 atom stereocenters. The van der Waals surface area contributed by atoms with Gasteiger partial charge in [0.25, 0.3) is 5.91 Å². The Bertz CT molecular complexity index is 872. The number of hydrogen-bond acceptors (Lipinski definition) is 4. The van der Waals surface area contributed by atoms with Crippen LogP contribution in [0.3, 0.4) is 0 Å². The molecule has 3 rings (SSSR count). The van der Waals surface area contributed by atoms with Crippen LogP contribution in [0.25, 0.3) is 0 Å². The molecular weight excluding hydrogens is 363 g/mol. The Morgan fingerprint density at radius 3 is 2.18 bits per heavy atom. The molecule has 1 saturated carbocycles. The highest BCUT2D eigenvalue weighted by Crippen LogP contribution is 2.42. The SMILES string of the molecule is NC(=O)c1ccc(NC(=O)COC(=O)C2(c3ccc(F)cc3)CCCC2)cc1. The number of carbonyl (C=O) groups excluding carboxylic acids is 3. The molecule has 0 spiro atoms. The second kappa shape index (κ2) is 8.21. The first-order chi connectivity index (χ1) is 13.4. The van der Waals surface area contributed by atoms with Crippen LogP contribution in [-0.2, 0) is 19.7 Å².